The van der Waals surface area contributed by atoms with Crippen molar-refractivity contribution in [2.45, 2.75) is 19.0 Å². The zero-order chi connectivity index (χ0) is 24.4. The Labute approximate surface area is 189 Å². The number of nitrogens with one attached hydrogen (secondary N) is 3. The molecule has 0 aliphatic rings. The molecule has 2 rings (SSSR count). The van der Waals surface area contributed by atoms with Crippen molar-refractivity contribution in [2.75, 3.05) is 33.9 Å². The lowest BCUT2D eigenvalue weighted by atomic mass is 10.1. The molecule has 178 valence electrons. The number of hydrogen-bond donors (Lipinski definition) is 4. The van der Waals surface area contributed by atoms with Crippen LogP contribution < -0.4 is 21.7 Å². The van der Waals surface area contributed by atoms with E-state index in [0.29, 0.717) is 0 Å². The number of fused-ring (bicyclic) bond motifs is 1. The first-order valence-corrected chi connectivity index (χ1v) is 10.0. The Morgan fingerprint density at radius 1 is 0.909 bits per heavy atom. The largest absolute Gasteiger partial charge is 0.468 e. The van der Waals surface area contributed by atoms with E-state index in [2.05, 4.69) is 25.4 Å². The van der Waals surface area contributed by atoms with E-state index < -0.39 is 29.8 Å². The molecule has 0 bridgehead atoms. The number of aromatic nitrogens is 1. The molecule has 5 N–H and O–H groups in total. The lowest BCUT2D eigenvalue weighted by molar-refractivity contribution is -0.141. The van der Waals surface area contributed by atoms with Gasteiger partial charge in [-0.1, -0.05) is 18.2 Å². The SMILES string of the molecule is COC(=O)CNC(=O)CNC(=O)[C@@H](N)Cc1cn(CC(=O)NCC(=O)OC)c2ccccc12. The molecular formula is C21H27N5O7. The maximum absolute atomic E-state index is 12.3. The third-order valence-electron chi connectivity index (χ3n) is 4.70. The van der Waals surface area contributed by atoms with E-state index in [-0.39, 0.29) is 38.5 Å². The van der Waals surface area contributed by atoms with E-state index >= 15 is 0 Å². The predicted octanol–water partition coefficient (Wildman–Crippen LogP) is -1.79. The van der Waals surface area contributed by atoms with Gasteiger partial charge >= 0.3 is 11.9 Å². The van der Waals surface area contributed by atoms with E-state index in [9.17, 15) is 24.0 Å². The maximum Gasteiger partial charge on any atom is 0.325 e. The number of carbonyl (C=O) groups excluding carboxylic acids is 5. The zero-order valence-corrected chi connectivity index (χ0v) is 18.4. The van der Waals surface area contributed by atoms with Crippen molar-refractivity contribution in [3.63, 3.8) is 0 Å². The van der Waals surface area contributed by atoms with Gasteiger partial charge in [0.2, 0.25) is 17.7 Å². The summed E-state index contributed by atoms with van der Waals surface area (Å²) in [6, 6.07) is 6.35. The summed E-state index contributed by atoms with van der Waals surface area (Å²) in [7, 11) is 2.43. The molecule has 0 aliphatic heterocycles. The fourth-order valence-electron chi connectivity index (χ4n) is 3.00. The van der Waals surface area contributed by atoms with Crippen LogP contribution in [-0.2, 0) is 46.4 Å². The molecule has 33 heavy (non-hydrogen) atoms. The van der Waals surface area contributed by atoms with Gasteiger partial charge in [0.1, 0.15) is 19.6 Å². The Hall–Kier alpha value is -3.93. The second-order valence-electron chi connectivity index (χ2n) is 7.03. The lowest BCUT2D eigenvalue weighted by Gasteiger charge is -2.12. The molecule has 1 aromatic heterocycles. The van der Waals surface area contributed by atoms with Crippen LogP contribution in [0.3, 0.4) is 0 Å². The van der Waals surface area contributed by atoms with Gasteiger partial charge < -0.3 is 35.7 Å². The Morgan fingerprint density at radius 3 is 2.15 bits per heavy atom. The van der Waals surface area contributed by atoms with E-state index in [4.69, 9.17) is 5.73 Å². The Kier molecular flexibility index (Phi) is 9.36. The summed E-state index contributed by atoms with van der Waals surface area (Å²) in [6.07, 6.45) is 1.88. The van der Waals surface area contributed by atoms with Gasteiger partial charge in [-0.25, -0.2) is 0 Å². The first-order valence-electron chi connectivity index (χ1n) is 10.0. The second-order valence-corrected chi connectivity index (χ2v) is 7.03. The lowest BCUT2D eigenvalue weighted by Crippen LogP contribution is -2.46. The number of rotatable bonds is 11. The molecule has 0 unspecified atom stereocenters. The summed E-state index contributed by atoms with van der Waals surface area (Å²) in [4.78, 5) is 58.4. The number of carbonyl (C=O) groups is 5. The van der Waals surface area contributed by atoms with Crippen LogP contribution in [0.4, 0.5) is 0 Å². The first kappa shape index (κ1) is 25.3. The molecule has 2 aromatic rings. The van der Waals surface area contributed by atoms with Crippen LogP contribution >= 0.6 is 0 Å². The average molecular weight is 461 g/mol. The Morgan fingerprint density at radius 2 is 1.52 bits per heavy atom. The van der Waals surface area contributed by atoms with Gasteiger partial charge in [-0.15, -0.1) is 0 Å². The molecule has 1 aromatic carbocycles. The molecule has 12 heteroatoms. The summed E-state index contributed by atoms with van der Waals surface area (Å²) >= 11 is 0. The molecular weight excluding hydrogens is 434 g/mol. The van der Waals surface area contributed by atoms with Crippen molar-refractivity contribution < 1.29 is 33.4 Å². The summed E-state index contributed by atoms with van der Waals surface area (Å²) in [6.45, 7) is -0.922. The van der Waals surface area contributed by atoms with E-state index in [1.165, 1.54) is 14.2 Å². The number of esters is 2. The van der Waals surface area contributed by atoms with Gasteiger partial charge in [0, 0.05) is 17.1 Å². The van der Waals surface area contributed by atoms with Crippen molar-refractivity contribution in [3.05, 3.63) is 36.0 Å². The van der Waals surface area contributed by atoms with Crippen LogP contribution in [0.2, 0.25) is 0 Å². The number of benzene rings is 1. The van der Waals surface area contributed by atoms with Crippen molar-refractivity contribution in [2.24, 2.45) is 5.73 Å². The first-order chi connectivity index (χ1) is 15.7. The molecule has 0 radical (unpaired) electrons. The molecule has 3 amide bonds. The highest BCUT2D eigenvalue weighted by Gasteiger charge is 2.19. The standard InChI is InChI=1S/C21H27N5O7/c1-32-19(29)9-23-17(27)8-25-21(31)15(22)7-13-11-26(16-6-4-3-5-14(13)16)12-18(28)24-10-20(30)33-2/h3-6,11,15H,7-10,12,22H2,1-2H3,(H,23,27)(H,24,28)(H,25,31)/t15-/m0/s1. The number of nitrogens with two attached hydrogens (primary N) is 1. The van der Waals surface area contributed by atoms with Crippen molar-refractivity contribution >= 4 is 40.6 Å². The van der Waals surface area contributed by atoms with Crippen LogP contribution in [0, 0.1) is 0 Å². The normalized spacial score (nSPS) is 11.4. The number of methoxy groups -OCH3 is 2. The third-order valence-corrected chi connectivity index (χ3v) is 4.70. The Balaban J connectivity index is 1.99. The maximum atomic E-state index is 12.3. The molecule has 0 saturated heterocycles. The van der Waals surface area contributed by atoms with Gasteiger partial charge in [0.15, 0.2) is 0 Å². The van der Waals surface area contributed by atoms with Crippen LogP contribution in [-0.4, -0.2) is 74.1 Å². The second kappa shape index (κ2) is 12.2. The van der Waals surface area contributed by atoms with Crippen LogP contribution in [0.5, 0.6) is 0 Å². The minimum atomic E-state index is -0.953. The van der Waals surface area contributed by atoms with E-state index in [1.807, 2.05) is 24.3 Å². The van der Waals surface area contributed by atoms with Gasteiger partial charge in [0.05, 0.1) is 26.8 Å². The van der Waals surface area contributed by atoms with Crippen LogP contribution in [0.1, 0.15) is 5.56 Å². The van der Waals surface area contributed by atoms with Gasteiger partial charge in [0.25, 0.3) is 0 Å². The summed E-state index contributed by atoms with van der Waals surface area (Å²) in [5.41, 5.74) is 7.52. The van der Waals surface area contributed by atoms with Gasteiger partial charge in [-0.05, 0) is 18.1 Å². The monoisotopic (exact) mass is 461 g/mol. The number of para-hydroxylation sites is 1. The molecule has 0 saturated carbocycles. The minimum absolute atomic E-state index is 0.0424. The zero-order valence-electron chi connectivity index (χ0n) is 18.4. The highest BCUT2D eigenvalue weighted by Crippen LogP contribution is 2.22. The fraction of sp³-hybridized carbons (Fsp3) is 0.381. The van der Waals surface area contributed by atoms with Crippen molar-refractivity contribution in [1.82, 2.24) is 20.5 Å². The topological polar surface area (TPSA) is 171 Å². The van der Waals surface area contributed by atoms with Crippen molar-refractivity contribution in [1.29, 1.82) is 0 Å². The smallest absolute Gasteiger partial charge is 0.325 e. The van der Waals surface area contributed by atoms with E-state index in [0.717, 1.165) is 16.5 Å². The van der Waals surface area contributed by atoms with E-state index in [1.54, 1.807) is 10.8 Å². The molecule has 0 spiro atoms. The fourth-order valence-corrected chi connectivity index (χ4v) is 3.00. The summed E-state index contributed by atoms with van der Waals surface area (Å²) in [5, 5.41) is 8.02. The van der Waals surface area contributed by atoms with Crippen molar-refractivity contribution in [3.8, 4) is 0 Å². The minimum Gasteiger partial charge on any atom is -0.468 e. The summed E-state index contributed by atoms with van der Waals surface area (Å²) in [5.74, 6) is -2.65. The van der Waals surface area contributed by atoms with Gasteiger partial charge in [-0.3, -0.25) is 24.0 Å². The summed E-state index contributed by atoms with van der Waals surface area (Å²) < 4.78 is 10.6. The molecule has 12 nitrogen and oxygen atoms in total. The molecule has 1 atom stereocenters. The number of hydrogen-bond acceptors (Lipinski definition) is 8. The quantitative estimate of drug-likeness (QED) is 0.284. The third kappa shape index (κ3) is 7.61. The highest BCUT2D eigenvalue weighted by molar-refractivity contribution is 5.90. The van der Waals surface area contributed by atoms with Crippen LogP contribution in [0.25, 0.3) is 10.9 Å². The molecule has 1 heterocycles. The predicted molar refractivity (Wildman–Crippen MR) is 117 cm³/mol. The molecule has 0 aliphatic carbocycles. The Bertz CT molecular complexity index is 1030. The van der Waals surface area contributed by atoms with Crippen LogP contribution in [0.15, 0.2) is 30.5 Å². The molecule has 0 fully saturated rings. The number of nitrogens with zero attached hydrogens (tertiary/aromatic N) is 1. The number of ether oxygens (including phenoxy) is 2. The highest BCUT2D eigenvalue weighted by atomic mass is 16.5. The average Bonchev–Trinajstić information content (AvgIpc) is 3.15. The number of amides is 3. The van der Waals surface area contributed by atoms with Gasteiger partial charge in [-0.2, -0.15) is 0 Å².